The number of hydrogen-bond acceptors (Lipinski definition) is 2. The maximum Gasteiger partial charge on any atom is -0.412 e. The predicted octanol–water partition coefficient (Wildman–Crippen LogP) is -2.51. The summed E-state index contributed by atoms with van der Waals surface area (Å²) in [6.45, 7) is 0. The molecule has 1 aromatic rings. The van der Waals surface area contributed by atoms with E-state index in [1.54, 1.807) is 12.1 Å². The Bertz CT molecular complexity index is 266. The molecular formula is C7H12NO4Sb-. The number of carbonyl (C=O) groups is 1. The zero-order chi connectivity index (χ0) is 7.56. The fourth-order valence-electron chi connectivity index (χ4n) is 0.672. The third-order valence-electron chi connectivity index (χ3n) is 1.15. The zero-order valence-electron chi connectivity index (χ0n) is 6.74. The third kappa shape index (κ3) is 5.60. The van der Waals surface area contributed by atoms with Crippen LogP contribution < -0.4 is 9.24 Å². The maximum absolute atomic E-state index is 10.6. The molecule has 0 unspecified atom stereocenters. The number of primary amides is 1. The second-order valence-electron chi connectivity index (χ2n) is 1.95. The summed E-state index contributed by atoms with van der Waals surface area (Å²) in [7, 11) is 0. The molecule has 0 aliphatic heterocycles. The molecule has 0 heterocycles. The van der Waals surface area contributed by atoms with E-state index >= 15 is 0 Å². The molecule has 1 amide bonds. The van der Waals surface area contributed by atoms with E-state index < -0.39 is 0 Å². The van der Waals surface area contributed by atoms with Crippen molar-refractivity contribution in [1.29, 1.82) is 0 Å². The van der Waals surface area contributed by atoms with Crippen LogP contribution in [0.3, 0.4) is 0 Å². The summed E-state index contributed by atoms with van der Waals surface area (Å²) in [6.07, 6.45) is 0. The van der Waals surface area contributed by atoms with Gasteiger partial charge in [0.2, 0.25) is 0 Å². The van der Waals surface area contributed by atoms with Crippen molar-refractivity contribution in [3.05, 3.63) is 29.8 Å². The van der Waals surface area contributed by atoms with Crippen molar-refractivity contribution < 1.29 is 21.2 Å². The fraction of sp³-hybridized carbons (Fsp3) is 0. The molecule has 1 rings (SSSR count). The van der Waals surface area contributed by atoms with Crippen LogP contribution in [-0.4, -0.2) is 45.4 Å². The molecule has 13 heavy (non-hydrogen) atoms. The fourth-order valence-corrected chi connectivity index (χ4v) is 1.39. The van der Waals surface area contributed by atoms with Gasteiger partial charge in [-0.3, -0.25) is 0 Å². The van der Waals surface area contributed by atoms with Gasteiger partial charge in [-0.05, 0) is 0 Å². The molecule has 75 valence electrons. The SMILES string of the molecule is NC(=O)c1ccc[c]([SbH])c1.O.O.[OH-]. The van der Waals surface area contributed by atoms with E-state index in [9.17, 15) is 4.79 Å². The minimum atomic E-state index is -0.357. The summed E-state index contributed by atoms with van der Waals surface area (Å²) in [5, 5.41) is 0. The Labute approximate surface area is 89.3 Å². The van der Waals surface area contributed by atoms with E-state index in [-0.39, 0.29) is 22.3 Å². The molecule has 0 fully saturated rings. The first-order chi connectivity index (χ1) is 4.70. The number of nitrogens with two attached hydrogens (primary N) is 1. The Balaban J connectivity index is -0.000000333. The van der Waals surface area contributed by atoms with Crippen molar-refractivity contribution in [2.75, 3.05) is 0 Å². The van der Waals surface area contributed by atoms with Gasteiger partial charge in [0.05, 0.1) is 0 Å². The predicted molar refractivity (Wildman–Crippen MR) is 50.9 cm³/mol. The third-order valence-corrected chi connectivity index (χ3v) is 2.03. The van der Waals surface area contributed by atoms with E-state index in [2.05, 4.69) is 0 Å². The number of benzene rings is 1. The first-order valence-corrected chi connectivity index (χ1v) is 4.24. The van der Waals surface area contributed by atoms with Gasteiger partial charge in [-0.2, -0.15) is 0 Å². The molecule has 0 saturated heterocycles. The van der Waals surface area contributed by atoms with Gasteiger partial charge in [-0.1, -0.05) is 0 Å². The van der Waals surface area contributed by atoms with Gasteiger partial charge in [-0.15, -0.1) is 0 Å². The van der Waals surface area contributed by atoms with Crippen molar-refractivity contribution in [1.82, 2.24) is 0 Å². The molecule has 0 saturated carbocycles. The minimum absolute atomic E-state index is 0. The molecule has 0 aromatic heterocycles. The first-order valence-electron chi connectivity index (χ1n) is 2.81. The normalized spacial score (nSPS) is 7.15. The molecule has 0 atom stereocenters. The van der Waals surface area contributed by atoms with Crippen LogP contribution in [0.15, 0.2) is 24.3 Å². The molecule has 0 aliphatic carbocycles. The summed E-state index contributed by atoms with van der Waals surface area (Å²) in [4.78, 5) is 10.6. The maximum atomic E-state index is 10.6. The zero-order valence-corrected chi connectivity index (χ0v) is 9.60. The van der Waals surface area contributed by atoms with Gasteiger partial charge in [-0.25, -0.2) is 0 Å². The molecule has 0 bridgehead atoms. The number of rotatable bonds is 1. The first kappa shape index (κ1) is 18.2. The summed E-state index contributed by atoms with van der Waals surface area (Å²) >= 11 is 1.30. The molecule has 1 radical (unpaired) electrons. The molecular weight excluding hydrogens is 284 g/mol. The second kappa shape index (κ2) is 8.01. The van der Waals surface area contributed by atoms with Gasteiger partial charge in [0.1, 0.15) is 0 Å². The smallest absolute Gasteiger partial charge is 0.412 e. The summed E-state index contributed by atoms with van der Waals surface area (Å²) in [5.74, 6) is -0.357. The van der Waals surface area contributed by atoms with Crippen molar-refractivity contribution in [2.24, 2.45) is 5.73 Å². The van der Waals surface area contributed by atoms with E-state index in [1.807, 2.05) is 12.1 Å². The molecule has 7 N–H and O–H groups in total. The van der Waals surface area contributed by atoms with Gasteiger partial charge in [0.25, 0.3) is 0 Å². The van der Waals surface area contributed by atoms with Crippen LogP contribution in [0.4, 0.5) is 0 Å². The molecule has 6 heteroatoms. The Morgan fingerprint density at radius 3 is 2.15 bits per heavy atom. The van der Waals surface area contributed by atoms with Crippen molar-refractivity contribution >= 4 is 32.4 Å². The summed E-state index contributed by atoms with van der Waals surface area (Å²) in [5.41, 5.74) is 5.65. The van der Waals surface area contributed by atoms with E-state index in [0.717, 1.165) is 3.51 Å². The van der Waals surface area contributed by atoms with Crippen LogP contribution >= 0.6 is 0 Å². The van der Waals surface area contributed by atoms with Crippen LogP contribution in [0.1, 0.15) is 10.4 Å². The van der Waals surface area contributed by atoms with Crippen LogP contribution in [0, 0.1) is 0 Å². The number of hydrogen-bond donors (Lipinski definition) is 1. The van der Waals surface area contributed by atoms with Gasteiger partial charge >= 0.3 is 72.8 Å². The standard InChI is InChI=1S/C7H6NO.3H2O.Sb.H/c8-7(9)6-4-2-1-3-5-6;;;;;/h1-2,4-5H,(H2,8,9);3*1H2;;/p-1. The second-order valence-corrected chi connectivity index (χ2v) is 3.59. The van der Waals surface area contributed by atoms with Gasteiger partial charge < -0.3 is 16.4 Å². The van der Waals surface area contributed by atoms with Crippen LogP contribution in [-0.2, 0) is 0 Å². The summed E-state index contributed by atoms with van der Waals surface area (Å²) in [6, 6.07) is 7.32. The Hall–Kier alpha value is -0.612. The van der Waals surface area contributed by atoms with Crippen molar-refractivity contribution in [3.63, 3.8) is 0 Å². The van der Waals surface area contributed by atoms with E-state index in [4.69, 9.17) is 5.73 Å². The number of carbonyl (C=O) groups excluding carboxylic acids is 1. The van der Waals surface area contributed by atoms with Gasteiger partial charge in [0.15, 0.2) is 0 Å². The number of amides is 1. The topological polar surface area (TPSA) is 136 Å². The quantitative estimate of drug-likeness (QED) is 0.572. The molecule has 0 aliphatic rings. The van der Waals surface area contributed by atoms with Crippen LogP contribution in [0.25, 0.3) is 0 Å². The van der Waals surface area contributed by atoms with Crippen LogP contribution in [0.2, 0.25) is 0 Å². The molecule has 5 nitrogen and oxygen atoms in total. The largest absolute Gasteiger partial charge is 0.870 e. The Morgan fingerprint density at radius 1 is 1.31 bits per heavy atom. The van der Waals surface area contributed by atoms with E-state index in [0.29, 0.717) is 5.56 Å². The monoisotopic (exact) mass is 295 g/mol. The van der Waals surface area contributed by atoms with Gasteiger partial charge in [0, 0.05) is 0 Å². The molecule has 1 aromatic carbocycles. The Kier molecular flexibility index (Phi) is 11.2. The average molecular weight is 296 g/mol. The molecule has 0 spiro atoms. The van der Waals surface area contributed by atoms with E-state index in [1.165, 1.54) is 23.0 Å². The Morgan fingerprint density at radius 2 is 1.85 bits per heavy atom. The van der Waals surface area contributed by atoms with Crippen molar-refractivity contribution in [2.45, 2.75) is 0 Å². The van der Waals surface area contributed by atoms with Crippen LogP contribution in [0.5, 0.6) is 0 Å². The summed E-state index contributed by atoms with van der Waals surface area (Å²) < 4.78 is 1.14. The average Bonchev–Trinajstić information content (AvgIpc) is 1.88. The minimum Gasteiger partial charge on any atom is -0.870 e. The van der Waals surface area contributed by atoms with Crippen molar-refractivity contribution in [3.8, 4) is 0 Å².